The second-order valence-electron chi connectivity index (χ2n) is 3.67. The first kappa shape index (κ1) is 12.1. The van der Waals surface area contributed by atoms with Crippen LogP contribution in [-0.4, -0.2) is 16.9 Å². The van der Waals surface area contributed by atoms with E-state index < -0.39 is 17.9 Å². The molecule has 0 saturated heterocycles. The average Bonchev–Trinajstić information content (AvgIpc) is 2.25. The zero-order chi connectivity index (χ0) is 12.1. The number of carbonyl (C=O) groups excluding carboxylic acids is 1. The zero-order valence-electron chi connectivity index (χ0n) is 9.07. The molecular formula is C11H12FN3O. The minimum absolute atomic E-state index is 0.0336. The van der Waals surface area contributed by atoms with Crippen LogP contribution < -0.4 is 5.32 Å². The Morgan fingerprint density at radius 1 is 1.62 bits per heavy atom. The van der Waals surface area contributed by atoms with E-state index in [1.807, 2.05) is 6.07 Å². The Labute approximate surface area is 93.1 Å². The minimum atomic E-state index is -0.833. The van der Waals surface area contributed by atoms with E-state index in [1.165, 1.54) is 18.3 Å². The highest BCUT2D eigenvalue weighted by Crippen LogP contribution is 2.06. The molecule has 4 nitrogen and oxygen atoms in total. The van der Waals surface area contributed by atoms with Gasteiger partial charge in [0.15, 0.2) is 0 Å². The van der Waals surface area contributed by atoms with Crippen molar-refractivity contribution in [3.8, 4) is 6.07 Å². The highest BCUT2D eigenvalue weighted by Gasteiger charge is 2.18. The SMILES string of the molecule is CC(C)C(C#N)NC(=O)c1cccnc1F. The Morgan fingerprint density at radius 3 is 2.81 bits per heavy atom. The lowest BCUT2D eigenvalue weighted by atomic mass is 10.1. The van der Waals surface area contributed by atoms with Gasteiger partial charge in [-0.1, -0.05) is 13.8 Å². The average molecular weight is 221 g/mol. The van der Waals surface area contributed by atoms with Crippen LogP contribution in [0.5, 0.6) is 0 Å². The van der Waals surface area contributed by atoms with Crippen LogP contribution >= 0.6 is 0 Å². The molecule has 1 aromatic rings. The highest BCUT2D eigenvalue weighted by atomic mass is 19.1. The maximum atomic E-state index is 13.1. The summed E-state index contributed by atoms with van der Waals surface area (Å²) in [5.41, 5.74) is -0.150. The topological polar surface area (TPSA) is 65.8 Å². The van der Waals surface area contributed by atoms with E-state index in [0.29, 0.717) is 0 Å². The summed E-state index contributed by atoms with van der Waals surface area (Å²) in [5.74, 6) is -1.49. The maximum Gasteiger partial charge on any atom is 0.256 e. The summed E-state index contributed by atoms with van der Waals surface area (Å²) in [6, 6.07) is 4.11. The van der Waals surface area contributed by atoms with E-state index in [4.69, 9.17) is 5.26 Å². The molecule has 0 aliphatic carbocycles. The van der Waals surface area contributed by atoms with Crippen molar-refractivity contribution in [1.29, 1.82) is 5.26 Å². The van der Waals surface area contributed by atoms with Gasteiger partial charge in [-0.15, -0.1) is 0 Å². The van der Waals surface area contributed by atoms with E-state index in [-0.39, 0.29) is 11.5 Å². The van der Waals surface area contributed by atoms with E-state index >= 15 is 0 Å². The van der Waals surface area contributed by atoms with Crippen LogP contribution in [-0.2, 0) is 0 Å². The van der Waals surface area contributed by atoms with Crippen LogP contribution in [0.2, 0.25) is 0 Å². The van der Waals surface area contributed by atoms with Gasteiger partial charge >= 0.3 is 0 Å². The van der Waals surface area contributed by atoms with Gasteiger partial charge in [-0.3, -0.25) is 4.79 Å². The fourth-order valence-corrected chi connectivity index (χ4v) is 1.12. The van der Waals surface area contributed by atoms with Crippen molar-refractivity contribution in [2.24, 2.45) is 5.92 Å². The van der Waals surface area contributed by atoms with Crippen LogP contribution in [0.4, 0.5) is 4.39 Å². The van der Waals surface area contributed by atoms with Crippen LogP contribution in [0.25, 0.3) is 0 Å². The van der Waals surface area contributed by atoms with Crippen molar-refractivity contribution < 1.29 is 9.18 Å². The molecule has 1 aromatic heterocycles. The first-order valence-electron chi connectivity index (χ1n) is 4.87. The molecule has 1 rings (SSSR count). The summed E-state index contributed by atoms with van der Waals surface area (Å²) >= 11 is 0. The largest absolute Gasteiger partial charge is 0.336 e. The summed E-state index contributed by atoms with van der Waals surface area (Å²) in [7, 11) is 0. The number of amides is 1. The molecule has 0 spiro atoms. The molecule has 1 N–H and O–H groups in total. The molecule has 0 aliphatic rings. The summed E-state index contributed by atoms with van der Waals surface area (Å²) in [6.45, 7) is 3.60. The maximum absolute atomic E-state index is 13.1. The number of rotatable bonds is 3. The quantitative estimate of drug-likeness (QED) is 0.786. The number of carbonyl (C=O) groups is 1. The third-order valence-corrected chi connectivity index (χ3v) is 2.10. The Balaban J connectivity index is 2.81. The van der Waals surface area contributed by atoms with Crippen LogP contribution in [0.1, 0.15) is 24.2 Å². The van der Waals surface area contributed by atoms with Gasteiger partial charge in [-0.2, -0.15) is 9.65 Å². The number of halogens is 1. The number of hydrogen-bond donors (Lipinski definition) is 1. The molecule has 1 unspecified atom stereocenters. The van der Waals surface area contributed by atoms with Gasteiger partial charge in [0.1, 0.15) is 6.04 Å². The van der Waals surface area contributed by atoms with Crippen molar-refractivity contribution in [2.75, 3.05) is 0 Å². The van der Waals surface area contributed by atoms with E-state index in [0.717, 1.165) is 0 Å². The molecule has 1 heterocycles. The monoisotopic (exact) mass is 221 g/mol. The molecule has 0 fully saturated rings. The fourth-order valence-electron chi connectivity index (χ4n) is 1.12. The molecule has 16 heavy (non-hydrogen) atoms. The van der Waals surface area contributed by atoms with E-state index in [2.05, 4.69) is 10.3 Å². The first-order chi connectivity index (χ1) is 7.56. The van der Waals surface area contributed by atoms with Gasteiger partial charge in [0, 0.05) is 6.20 Å². The second kappa shape index (κ2) is 5.21. The molecule has 0 aromatic carbocycles. The van der Waals surface area contributed by atoms with Crippen molar-refractivity contribution >= 4 is 5.91 Å². The van der Waals surface area contributed by atoms with Crippen molar-refractivity contribution in [1.82, 2.24) is 10.3 Å². The third kappa shape index (κ3) is 2.76. The van der Waals surface area contributed by atoms with E-state index in [1.54, 1.807) is 13.8 Å². The second-order valence-corrected chi connectivity index (χ2v) is 3.67. The number of aromatic nitrogens is 1. The van der Waals surface area contributed by atoms with Crippen molar-refractivity contribution in [3.05, 3.63) is 29.8 Å². The third-order valence-electron chi connectivity index (χ3n) is 2.10. The zero-order valence-corrected chi connectivity index (χ0v) is 9.07. The molecular weight excluding hydrogens is 209 g/mol. The predicted octanol–water partition coefficient (Wildman–Crippen LogP) is 1.50. The highest BCUT2D eigenvalue weighted by molar-refractivity contribution is 5.94. The van der Waals surface area contributed by atoms with Crippen molar-refractivity contribution in [3.63, 3.8) is 0 Å². The summed E-state index contributed by atoms with van der Waals surface area (Å²) in [4.78, 5) is 15.0. The Kier molecular flexibility index (Phi) is 3.95. The normalized spacial score (nSPS) is 11.9. The number of nitriles is 1. The van der Waals surface area contributed by atoms with Crippen molar-refractivity contribution in [2.45, 2.75) is 19.9 Å². The van der Waals surface area contributed by atoms with Gasteiger partial charge in [0.25, 0.3) is 5.91 Å². The minimum Gasteiger partial charge on any atom is -0.336 e. The van der Waals surface area contributed by atoms with Gasteiger partial charge < -0.3 is 5.32 Å². The molecule has 0 bridgehead atoms. The summed E-state index contributed by atoms with van der Waals surface area (Å²) < 4.78 is 13.1. The number of hydrogen-bond acceptors (Lipinski definition) is 3. The standard InChI is InChI=1S/C11H12FN3O/c1-7(2)9(6-13)15-11(16)8-4-3-5-14-10(8)12/h3-5,7,9H,1-2H3,(H,15,16). The fraction of sp³-hybridized carbons (Fsp3) is 0.364. The molecule has 0 saturated carbocycles. The summed E-state index contributed by atoms with van der Waals surface area (Å²) in [5, 5.41) is 11.2. The Bertz CT molecular complexity index is 425. The van der Waals surface area contributed by atoms with Crippen LogP contribution in [0.15, 0.2) is 18.3 Å². The van der Waals surface area contributed by atoms with Gasteiger partial charge in [0.05, 0.1) is 11.6 Å². The molecule has 0 radical (unpaired) electrons. The number of pyridine rings is 1. The molecule has 84 valence electrons. The van der Waals surface area contributed by atoms with Gasteiger partial charge in [-0.05, 0) is 18.1 Å². The molecule has 0 aliphatic heterocycles. The summed E-state index contributed by atoms with van der Waals surface area (Å²) in [6.07, 6.45) is 1.26. The van der Waals surface area contributed by atoms with Gasteiger partial charge in [0.2, 0.25) is 5.95 Å². The molecule has 5 heteroatoms. The Hall–Kier alpha value is -1.96. The predicted molar refractivity (Wildman–Crippen MR) is 55.9 cm³/mol. The Morgan fingerprint density at radius 2 is 2.31 bits per heavy atom. The first-order valence-corrected chi connectivity index (χ1v) is 4.87. The van der Waals surface area contributed by atoms with Crippen LogP contribution in [0.3, 0.4) is 0 Å². The van der Waals surface area contributed by atoms with E-state index in [9.17, 15) is 9.18 Å². The lowest BCUT2D eigenvalue weighted by Gasteiger charge is -2.14. The van der Waals surface area contributed by atoms with Crippen LogP contribution in [0, 0.1) is 23.2 Å². The lowest BCUT2D eigenvalue weighted by Crippen LogP contribution is -2.37. The number of nitrogens with one attached hydrogen (secondary N) is 1. The molecule has 1 atom stereocenters. The smallest absolute Gasteiger partial charge is 0.256 e. The number of nitrogens with zero attached hydrogens (tertiary/aromatic N) is 2. The lowest BCUT2D eigenvalue weighted by molar-refractivity contribution is 0.0932. The van der Waals surface area contributed by atoms with Gasteiger partial charge in [-0.25, -0.2) is 4.98 Å². The molecule has 1 amide bonds.